The van der Waals surface area contributed by atoms with Crippen LogP contribution < -0.4 is 4.90 Å². The number of halogens is 1. The number of anilines is 1. The number of alkyl halides is 1. The highest BCUT2D eigenvalue weighted by atomic mass is 79.9. The van der Waals surface area contributed by atoms with E-state index in [-0.39, 0.29) is 0 Å². The quantitative estimate of drug-likeness (QED) is 0.758. The zero-order valence-corrected chi connectivity index (χ0v) is 11.2. The van der Waals surface area contributed by atoms with Gasteiger partial charge in [-0.2, -0.15) is 0 Å². The first kappa shape index (κ1) is 10.5. The van der Waals surface area contributed by atoms with Crippen LogP contribution in [0.3, 0.4) is 0 Å². The summed E-state index contributed by atoms with van der Waals surface area (Å²) in [6, 6.07) is 2.06. The zero-order valence-electron chi connectivity index (χ0n) is 8.77. The molecule has 0 radical (unpaired) electrons. The summed E-state index contributed by atoms with van der Waals surface area (Å²) < 4.78 is 1.22. The third-order valence-corrected chi connectivity index (χ3v) is 4.76. The van der Waals surface area contributed by atoms with Gasteiger partial charge in [-0.05, 0) is 24.3 Å². The highest BCUT2D eigenvalue weighted by Crippen LogP contribution is 2.30. The molecule has 3 heterocycles. The minimum Gasteiger partial charge on any atom is -0.355 e. The normalized spacial score (nSPS) is 18.2. The van der Waals surface area contributed by atoms with E-state index in [0.717, 1.165) is 24.4 Å². The highest BCUT2D eigenvalue weighted by Gasteiger charge is 2.20. The van der Waals surface area contributed by atoms with Crippen molar-refractivity contribution in [2.24, 2.45) is 0 Å². The Bertz CT molecular complexity index is 491. The van der Waals surface area contributed by atoms with Gasteiger partial charge < -0.3 is 4.90 Å². The number of fused-ring (bicyclic) bond motifs is 1. The Labute approximate surface area is 107 Å². The van der Waals surface area contributed by atoms with Crippen molar-refractivity contribution in [2.75, 3.05) is 18.0 Å². The molecule has 1 saturated heterocycles. The summed E-state index contributed by atoms with van der Waals surface area (Å²) >= 11 is 5.40. The van der Waals surface area contributed by atoms with Crippen LogP contribution in [0.25, 0.3) is 10.2 Å². The lowest BCUT2D eigenvalue weighted by Crippen LogP contribution is -2.34. The second-order valence-corrected chi connectivity index (χ2v) is 6.20. The van der Waals surface area contributed by atoms with Gasteiger partial charge in [0, 0.05) is 17.9 Å². The molecule has 16 heavy (non-hydrogen) atoms. The van der Waals surface area contributed by atoms with Crippen LogP contribution in [0.15, 0.2) is 17.8 Å². The molecule has 1 fully saturated rings. The van der Waals surface area contributed by atoms with E-state index in [9.17, 15) is 0 Å². The Hall–Kier alpha value is -0.680. The van der Waals surface area contributed by atoms with Gasteiger partial charge in [-0.25, -0.2) is 9.97 Å². The molecule has 0 unspecified atom stereocenters. The topological polar surface area (TPSA) is 29.0 Å². The summed E-state index contributed by atoms with van der Waals surface area (Å²) in [5, 5.41) is 2.08. The van der Waals surface area contributed by atoms with Crippen molar-refractivity contribution >= 4 is 43.3 Å². The highest BCUT2D eigenvalue weighted by molar-refractivity contribution is 9.09. The maximum absolute atomic E-state index is 4.44. The van der Waals surface area contributed by atoms with Crippen molar-refractivity contribution in [3.63, 3.8) is 0 Å². The number of thiophene rings is 1. The number of aromatic nitrogens is 2. The standard InChI is InChI=1S/C11H12BrN3S/c12-8-1-4-15(5-2-8)11-10-9(3-6-16-10)13-7-14-11/h3,6-8H,1-2,4-5H2. The predicted octanol–water partition coefficient (Wildman–Crippen LogP) is 3.06. The third-order valence-electron chi connectivity index (χ3n) is 2.95. The van der Waals surface area contributed by atoms with Crippen molar-refractivity contribution in [2.45, 2.75) is 17.7 Å². The van der Waals surface area contributed by atoms with E-state index < -0.39 is 0 Å². The maximum atomic E-state index is 4.44. The number of nitrogens with zero attached hydrogens (tertiary/aromatic N) is 3. The van der Waals surface area contributed by atoms with Crippen LogP contribution in [-0.4, -0.2) is 27.9 Å². The SMILES string of the molecule is BrC1CCN(c2ncnc3ccsc23)CC1. The lowest BCUT2D eigenvalue weighted by molar-refractivity contribution is 0.594. The predicted molar refractivity (Wildman–Crippen MR) is 71.6 cm³/mol. The van der Waals surface area contributed by atoms with Gasteiger partial charge in [0.2, 0.25) is 0 Å². The van der Waals surface area contributed by atoms with E-state index in [1.54, 1.807) is 17.7 Å². The van der Waals surface area contributed by atoms with Crippen LogP contribution in [-0.2, 0) is 0 Å². The second kappa shape index (κ2) is 4.30. The Morgan fingerprint density at radius 1 is 1.31 bits per heavy atom. The zero-order chi connectivity index (χ0) is 11.0. The van der Waals surface area contributed by atoms with Crippen molar-refractivity contribution < 1.29 is 0 Å². The van der Waals surface area contributed by atoms with Crippen molar-refractivity contribution in [1.29, 1.82) is 0 Å². The molecular formula is C11H12BrN3S. The first-order chi connectivity index (χ1) is 7.84. The molecule has 3 rings (SSSR count). The molecular weight excluding hydrogens is 286 g/mol. The molecule has 2 aromatic rings. The van der Waals surface area contributed by atoms with Crippen LogP contribution >= 0.6 is 27.3 Å². The number of rotatable bonds is 1. The molecule has 0 aromatic carbocycles. The average Bonchev–Trinajstić information content (AvgIpc) is 2.78. The molecule has 1 aliphatic rings. The molecule has 0 N–H and O–H groups in total. The second-order valence-electron chi connectivity index (χ2n) is 3.99. The molecule has 0 aliphatic carbocycles. The summed E-state index contributed by atoms with van der Waals surface area (Å²) in [5.41, 5.74) is 1.07. The summed E-state index contributed by atoms with van der Waals surface area (Å²) in [6.45, 7) is 2.17. The smallest absolute Gasteiger partial charge is 0.150 e. The summed E-state index contributed by atoms with van der Waals surface area (Å²) in [6.07, 6.45) is 4.05. The Morgan fingerprint density at radius 2 is 2.12 bits per heavy atom. The first-order valence-electron chi connectivity index (χ1n) is 5.42. The van der Waals surface area contributed by atoms with Gasteiger partial charge in [0.1, 0.15) is 12.1 Å². The van der Waals surface area contributed by atoms with Crippen LogP contribution in [0.2, 0.25) is 0 Å². The van der Waals surface area contributed by atoms with Gasteiger partial charge in [-0.1, -0.05) is 15.9 Å². The molecule has 2 aromatic heterocycles. The Kier molecular flexibility index (Phi) is 2.81. The summed E-state index contributed by atoms with van der Waals surface area (Å²) in [5.74, 6) is 1.11. The first-order valence-corrected chi connectivity index (χ1v) is 7.21. The van der Waals surface area contributed by atoms with E-state index >= 15 is 0 Å². The molecule has 0 saturated carbocycles. The van der Waals surface area contributed by atoms with Crippen molar-refractivity contribution in [3.8, 4) is 0 Å². The number of hydrogen-bond acceptors (Lipinski definition) is 4. The lowest BCUT2D eigenvalue weighted by Gasteiger charge is -2.30. The van der Waals surface area contributed by atoms with E-state index in [2.05, 4.69) is 42.2 Å². The van der Waals surface area contributed by atoms with E-state index in [4.69, 9.17) is 0 Å². The number of piperidine rings is 1. The average molecular weight is 298 g/mol. The molecule has 1 aliphatic heterocycles. The van der Waals surface area contributed by atoms with E-state index in [0.29, 0.717) is 4.83 Å². The molecule has 0 amide bonds. The largest absolute Gasteiger partial charge is 0.355 e. The van der Waals surface area contributed by atoms with Crippen LogP contribution in [0.4, 0.5) is 5.82 Å². The van der Waals surface area contributed by atoms with Gasteiger partial charge in [0.05, 0.1) is 10.2 Å². The minimum atomic E-state index is 0.671. The van der Waals surface area contributed by atoms with E-state index in [1.165, 1.54) is 17.5 Å². The Balaban J connectivity index is 1.96. The van der Waals surface area contributed by atoms with Crippen LogP contribution in [0, 0.1) is 0 Å². The minimum absolute atomic E-state index is 0.671. The molecule has 3 nitrogen and oxygen atoms in total. The molecule has 0 bridgehead atoms. The lowest BCUT2D eigenvalue weighted by atomic mass is 10.1. The molecule has 5 heteroatoms. The molecule has 0 atom stereocenters. The van der Waals surface area contributed by atoms with Crippen molar-refractivity contribution in [1.82, 2.24) is 9.97 Å². The van der Waals surface area contributed by atoms with Gasteiger partial charge in [-0.3, -0.25) is 0 Å². The van der Waals surface area contributed by atoms with Crippen LogP contribution in [0.5, 0.6) is 0 Å². The summed E-state index contributed by atoms with van der Waals surface area (Å²) in [7, 11) is 0. The third kappa shape index (κ3) is 1.82. The molecule has 84 valence electrons. The van der Waals surface area contributed by atoms with Gasteiger partial charge >= 0.3 is 0 Å². The monoisotopic (exact) mass is 297 g/mol. The number of hydrogen-bond donors (Lipinski definition) is 0. The van der Waals surface area contributed by atoms with Gasteiger partial charge in [0.25, 0.3) is 0 Å². The van der Waals surface area contributed by atoms with Crippen LogP contribution in [0.1, 0.15) is 12.8 Å². The fourth-order valence-corrected chi connectivity index (χ4v) is 3.33. The van der Waals surface area contributed by atoms with Gasteiger partial charge in [-0.15, -0.1) is 11.3 Å². The van der Waals surface area contributed by atoms with Crippen molar-refractivity contribution in [3.05, 3.63) is 17.8 Å². The fraction of sp³-hybridized carbons (Fsp3) is 0.455. The Morgan fingerprint density at radius 3 is 2.94 bits per heavy atom. The maximum Gasteiger partial charge on any atom is 0.150 e. The summed E-state index contributed by atoms with van der Waals surface area (Å²) in [4.78, 5) is 11.8. The molecule has 0 spiro atoms. The van der Waals surface area contributed by atoms with E-state index in [1.807, 2.05) is 0 Å². The fourth-order valence-electron chi connectivity index (χ4n) is 2.06. The van der Waals surface area contributed by atoms with Gasteiger partial charge in [0.15, 0.2) is 0 Å².